The van der Waals surface area contributed by atoms with Gasteiger partial charge in [-0.15, -0.1) is 0 Å². The second-order valence-electron chi connectivity index (χ2n) is 4.81. The SMILES string of the molecule is CC(C)[C@H]1NC(=S)N(CN2CCOCC2)C1=O. The van der Waals surface area contributed by atoms with Crippen LogP contribution >= 0.6 is 12.2 Å². The number of thiocarbonyl (C=S) groups is 1. The number of carbonyl (C=O) groups excluding carboxylic acids is 1. The maximum absolute atomic E-state index is 12.1. The van der Waals surface area contributed by atoms with E-state index in [2.05, 4.69) is 10.2 Å². The van der Waals surface area contributed by atoms with Gasteiger partial charge in [0.1, 0.15) is 6.04 Å². The summed E-state index contributed by atoms with van der Waals surface area (Å²) in [5.74, 6) is 0.353. The molecule has 0 aromatic rings. The number of morpholine rings is 1. The molecule has 0 unspecified atom stereocenters. The van der Waals surface area contributed by atoms with Crippen LogP contribution in [0.3, 0.4) is 0 Å². The normalized spacial score (nSPS) is 26.8. The van der Waals surface area contributed by atoms with Gasteiger partial charge in [-0.2, -0.15) is 0 Å². The molecule has 2 saturated heterocycles. The van der Waals surface area contributed by atoms with Gasteiger partial charge in [-0.3, -0.25) is 14.6 Å². The molecular formula is C11H19N3O2S. The molecule has 0 aliphatic carbocycles. The minimum absolute atomic E-state index is 0.0940. The molecule has 2 rings (SSSR count). The number of hydrogen-bond acceptors (Lipinski definition) is 4. The van der Waals surface area contributed by atoms with Crippen LogP contribution in [0.25, 0.3) is 0 Å². The smallest absolute Gasteiger partial charge is 0.252 e. The maximum Gasteiger partial charge on any atom is 0.252 e. The molecule has 0 aromatic carbocycles. The molecule has 2 aliphatic heterocycles. The Labute approximate surface area is 107 Å². The zero-order valence-corrected chi connectivity index (χ0v) is 11.1. The fraction of sp³-hybridized carbons (Fsp3) is 0.818. The van der Waals surface area contributed by atoms with Crippen LogP contribution in [0.15, 0.2) is 0 Å². The lowest BCUT2D eigenvalue weighted by Crippen LogP contribution is -2.46. The lowest BCUT2D eigenvalue weighted by atomic mass is 10.1. The summed E-state index contributed by atoms with van der Waals surface area (Å²) in [6.07, 6.45) is 0. The molecule has 0 spiro atoms. The average Bonchev–Trinajstić information content (AvgIpc) is 2.58. The van der Waals surface area contributed by atoms with Crippen LogP contribution in [-0.2, 0) is 9.53 Å². The Morgan fingerprint density at radius 2 is 2.12 bits per heavy atom. The summed E-state index contributed by atoms with van der Waals surface area (Å²) in [7, 11) is 0. The van der Waals surface area contributed by atoms with E-state index in [1.165, 1.54) is 0 Å². The van der Waals surface area contributed by atoms with Crippen LogP contribution in [0.5, 0.6) is 0 Å². The van der Waals surface area contributed by atoms with Crippen molar-refractivity contribution < 1.29 is 9.53 Å². The maximum atomic E-state index is 12.1. The Hall–Kier alpha value is -0.720. The van der Waals surface area contributed by atoms with Gasteiger partial charge in [0.05, 0.1) is 19.9 Å². The van der Waals surface area contributed by atoms with Crippen LogP contribution in [0.2, 0.25) is 0 Å². The van der Waals surface area contributed by atoms with Crippen LogP contribution < -0.4 is 5.32 Å². The van der Waals surface area contributed by atoms with Gasteiger partial charge in [0, 0.05) is 13.1 Å². The fourth-order valence-electron chi connectivity index (χ4n) is 2.07. The van der Waals surface area contributed by atoms with E-state index < -0.39 is 0 Å². The standard InChI is InChI=1S/C11H19N3O2S/c1-8(2)9-10(15)14(11(17)12-9)7-13-3-5-16-6-4-13/h8-9H,3-7H2,1-2H3,(H,12,17)/t9-/m1/s1. The van der Waals surface area contributed by atoms with E-state index >= 15 is 0 Å². The number of rotatable bonds is 3. The Balaban J connectivity index is 1.96. The molecule has 1 atom stereocenters. The van der Waals surface area contributed by atoms with Crippen LogP contribution in [-0.4, -0.2) is 59.8 Å². The van der Waals surface area contributed by atoms with Crippen molar-refractivity contribution in [1.29, 1.82) is 0 Å². The molecule has 96 valence electrons. The van der Waals surface area contributed by atoms with Crippen molar-refractivity contribution in [3.8, 4) is 0 Å². The minimum atomic E-state index is -0.163. The molecule has 1 amide bonds. The zero-order valence-electron chi connectivity index (χ0n) is 10.3. The van der Waals surface area contributed by atoms with Gasteiger partial charge < -0.3 is 10.1 Å². The molecule has 17 heavy (non-hydrogen) atoms. The number of hydrogen-bond donors (Lipinski definition) is 1. The molecule has 2 heterocycles. The molecule has 0 aromatic heterocycles. The summed E-state index contributed by atoms with van der Waals surface area (Å²) in [6, 6.07) is -0.163. The number of nitrogens with one attached hydrogen (secondary N) is 1. The van der Waals surface area contributed by atoms with Crippen LogP contribution in [0, 0.1) is 5.92 Å². The molecule has 6 heteroatoms. The van der Waals surface area contributed by atoms with Gasteiger partial charge in [0.2, 0.25) is 0 Å². The highest BCUT2D eigenvalue weighted by Gasteiger charge is 2.37. The molecule has 0 saturated carbocycles. The van der Waals surface area contributed by atoms with E-state index in [9.17, 15) is 4.79 Å². The predicted molar refractivity (Wildman–Crippen MR) is 68.5 cm³/mol. The quantitative estimate of drug-likeness (QED) is 0.722. The van der Waals surface area contributed by atoms with Crippen molar-refractivity contribution in [1.82, 2.24) is 15.1 Å². The number of amides is 1. The van der Waals surface area contributed by atoms with E-state index in [0.29, 0.717) is 11.8 Å². The molecule has 5 nitrogen and oxygen atoms in total. The highest BCUT2D eigenvalue weighted by atomic mass is 32.1. The highest BCUT2D eigenvalue weighted by Crippen LogP contribution is 2.14. The van der Waals surface area contributed by atoms with Gasteiger partial charge in [-0.1, -0.05) is 13.8 Å². The summed E-state index contributed by atoms with van der Waals surface area (Å²) in [5.41, 5.74) is 0. The second-order valence-corrected chi connectivity index (χ2v) is 5.20. The molecular weight excluding hydrogens is 238 g/mol. The van der Waals surface area contributed by atoms with Crippen molar-refractivity contribution in [2.75, 3.05) is 33.0 Å². The summed E-state index contributed by atoms with van der Waals surface area (Å²) in [6.45, 7) is 7.81. The third kappa shape index (κ3) is 2.75. The summed E-state index contributed by atoms with van der Waals surface area (Å²) >= 11 is 5.22. The summed E-state index contributed by atoms with van der Waals surface area (Å²) in [4.78, 5) is 16.0. The fourth-order valence-corrected chi connectivity index (χ4v) is 2.34. The van der Waals surface area contributed by atoms with Crippen LogP contribution in [0.4, 0.5) is 0 Å². The predicted octanol–water partition coefficient (Wildman–Crippen LogP) is 0.0174. The van der Waals surface area contributed by atoms with Crippen molar-refractivity contribution in [3.63, 3.8) is 0 Å². The number of ether oxygens (including phenoxy) is 1. The van der Waals surface area contributed by atoms with E-state index in [-0.39, 0.29) is 17.9 Å². The number of carbonyl (C=O) groups is 1. The Morgan fingerprint density at radius 3 is 2.65 bits per heavy atom. The van der Waals surface area contributed by atoms with E-state index in [1.54, 1.807) is 4.90 Å². The van der Waals surface area contributed by atoms with Gasteiger partial charge in [-0.25, -0.2) is 0 Å². The van der Waals surface area contributed by atoms with Gasteiger partial charge in [-0.05, 0) is 18.1 Å². The highest BCUT2D eigenvalue weighted by molar-refractivity contribution is 7.80. The Bertz CT molecular complexity index is 316. The van der Waals surface area contributed by atoms with Crippen LogP contribution in [0.1, 0.15) is 13.8 Å². The zero-order chi connectivity index (χ0) is 12.4. The van der Waals surface area contributed by atoms with Crippen molar-refractivity contribution in [3.05, 3.63) is 0 Å². The summed E-state index contributed by atoms with van der Waals surface area (Å²) in [5, 5.41) is 3.65. The van der Waals surface area contributed by atoms with E-state index in [1.807, 2.05) is 13.8 Å². The van der Waals surface area contributed by atoms with Crippen molar-refractivity contribution in [2.24, 2.45) is 5.92 Å². The Kier molecular flexibility index (Phi) is 3.96. The first-order valence-corrected chi connectivity index (χ1v) is 6.42. The van der Waals surface area contributed by atoms with Crippen molar-refractivity contribution >= 4 is 23.2 Å². The van der Waals surface area contributed by atoms with Gasteiger partial charge in [0.25, 0.3) is 5.91 Å². The topological polar surface area (TPSA) is 44.8 Å². The van der Waals surface area contributed by atoms with Gasteiger partial charge in [0.15, 0.2) is 5.11 Å². The third-order valence-corrected chi connectivity index (χ3v) is 3.51. The van der Waals surface area contributed by atoms with Crippen molar-refractivity contribution in [2.45, 2.75) is 19.9 Å². The lowest BCUT2D eigenvalue weighted by Gasteiger charge is -2.30. The third-order valence-electron chi connectivity index (χ3n) is 3.17. The first kappa shape index (κ1) is 12.7. The van der Waals surface area contributed by atoms with E-state index in [0.717, 1.165) is 26.3 Å². The largest absolute Gasteiger partial charge is 0.379 e. The molecule has 2 aliphatic rings. The molecule has 1 N–H and O–H groups in total. The van der Waals surface area contributed by atoms with Gasteiger partial charge >= 0.3 is 0 Å². The summed E-state index contributed by atoms with van der Waals surface area (Å²) < 4.78 is 5.28. The Morgan fingerprint density at radius 1 is 1.47 bits per heavy atom. The second kappa shape index (κ2) is 5.29. The molecule has 2 fully saturated rings. The van der Waals surface area contributed by atoms with E-state index in [4.69, 9.17) is 17.0 Å². The molecule has 0 bridgehead atoms. The minimum Gasteiger partial charge on any atom is -0.379 e. The first-order valence-electron chi connectivity index (χ1n) is 6.01. The molecule has 0 radical (unpaired) electrons. The number of nitrogens with zero attached hydrogens (tertiary/aromatic N) is 2. The average molecular weight is 257 g/mol. The lowest BCUT2D eigenvalue weighted by molar-refractivity contribution is -0.130. The first-order chi connectivity index (χ1) is 8.09. The monoisotopic (exact) mass is 257 g/mol.